The summed E-state index contributed by atoms with van der Waals surface area (Å²) in [6.07, 6.45) is 17.6. The lowest BCUT2D eigenvalue weighted by Gasteiger charge is -2.24. The van der Waals surface area contributed by atoms with E-state index in [2.05, 4.69) is 11.4 Å². The van der Waals surface area contributed by atoms with Crippen LogP contribution in [0.3, 0.4) is 0 Å². The Kier molecular flexibility index (Phi) is 4.60. The van der Waals surface area contributed by atoms with Crippen molar-refractivity contribution in [2.45, 2.75) is 82.3 Å². The van der Waals surface area contributed by atoms with Crippen molar-refractivity contribution in [2.75, 3.05) is 13.1 Å². The van der Waals surface area contributed by atoms with Crippen LogP contribution >= 0.6 is 0 Å². The van der Waals surface area contributed by atoms with Crippen molar-refractivity contribution in [1.29, 1.82) is 0 Å². The third-order valence-electron chi connectivity index (χ3n) is 5.23. The highest BCUT2D eigenvalue weighted by Crippen LogP contribution is 2.43. The minimum atomic E-state index is 0.304. The molecule has 0 aromatic rings. The fraction of sp³-hybridized carbons (Fsp3) is 0.882. The van der Waals surface area contributed by atoms with Gasteiger partial charge in [-0.1, -0.05) is 24.5 Å². The molecule has 1 heterocycles. The second-order valence-corrected chi connectivity index (χ2v) is 6.73. The molecule has 0 aromatic heterocycles. The van der Waals surface area contributed by atoms with E-state index in [4.69, 9.17) is 4.74 Å². The van der Waals surface area contributed by atoms with Crippen LogP contribution in [-0.2, 0) is 4.74 Å². The van der Waals surface area contributed by atoms with Crippen LogP contribution in [0.2, 0.25) is 0 Å². The normalized spacial score (nSPS) is 29.9. The van der Waals surface area contributed by atoms with E-state index in [1.165, 1.54) is 70.6 Å². The number of nitrogens with one attached hydrogen (secondary N) is 1. The van der Waals surface area contributed by atoms with Gasteiger partial charge in [-0.15, -0.1) is 0 Å². The molecule has 19 heavy (non-hydrogen) atoms. The topological polar surface area (TPSA) is 21.3 Å². The molecule has 1 spiro atoms. The molecule has 3 aliphatic rings. The lowest BCUT2D eigenvalue weighted by molar-refractivity contribution is -0.0349. The van der Waals surface area contributed by atoms with Gasteiger partial charge < -0.3 is 10.1 Å². The van der Waals surface area contributed by atoms with Gasteiger partial charge in [0.05, 0.1) is 11.7 Å². The summed E-state index contributed by atoms with van der Waals surface area (Å²) in [5.74, 6) is 0. The quantitative estimate of drug-likeness (QED) is 0.599. The molecule has 2 heteroatoms. The van der Waals surface area contributed by atoms with E-state index < -0.39 is 0 Å². The van der Waals surface area contributed by atoms with Crippen LogP contribution in [0.5, 0.6) is 0 Å². The standard InChI is InChI=1S/C17H29NO/c1-2-6-15(7-3-1)9-13-18-14-16-8-12-17(19-16)10-4-5-11-17/h6,16,18H,1-5,7-14H2. The van der Waals surface area contributed by atoms with Crippen LogP contribution in [0.25, 0.3) is 0 Å². The summed E-state index contributed by atoms with van der Waals surface area (Å²) in [7, 11) is 0. The third kappa shape index (κ3) is 3.61. The van der Waals surface area contributed by atoms with Crippen LogP contribution in [0.4, 0.5) is 0 Å². The predicted molar refractivity (Wildman–Crippen MR) is 79.3 cm³/mol. The number of ether oxygens (including phenoxy) is 1. The molecule has 3 rings (SSSR count). The third-order valence-corrected chi connectivity index (χ3v) is 5.23. The SMILES string of the molecule is C1=C(CCNCC2CCC3(CCCC3)O2)CCCC1. The summed E-state index contributed by atoms with van der Waals surface area (Å²) < 4.78 is 6.32. The molecular weight excluding hydrogens is 234 g/mol. The molecule has 1 saturated carbocycles. The Morgan fingerprint density at radius 3 is 2.84 bits per heavy atom. The van der Waals surface area contributed by atoms with Gasteiger partial charge in [0, 0.05) is 6.54 Å². The molecule has 2 nitrogen and oxygen atoms in total. The first-order valence-corrected chi connectivity index (χ1v) is 8.43. The molecule has 2 fully saturated rings. The molecule has 0 radical (unpaired) electrons. The summed E-state index contributed by atoms with van der Waals surface area (Å²) in [5.41, 5.74) is 1.98. The van der Waals surface area contributed by atoms with Gasteiger partial charge in [0.25, 0.3) is 0 Å². The largest absolute Gasteiger partial charge is 0.370 e. The van der Waals surface area contributed by atoms with Crippen molar-refractivity contribution < 1.29 is 4.74 Å². The molecule has 0 aromatic carbocycles. The van der Waals surface area contributed by atoms with E-state index in [1.807, 2.05) is 0 Å². The molecule has 1 saturated heterocycles. The molecule has 1 unspecified atom stereocenters. The second kappa shape index (κ2) is 6.41. The predicted octanol–water partition coefficient (Wildman–Crippen LogP) is 3.96. The molecule has 0 bridgehead atoms. The minimum absolute atomic E-state index is 0.304. The Hall–Kier alpha value is -0.340. The maximum absolute atomic E-state index is 6.32. The summed E-state index contributed by atoms with van der Waals surface area (Å²) in [5, 5.41) is 3.62. The van der Waals surface area contributed by atoms with E-state index in [0.29, 0.717) is 11.7 Å². The first kappa shape index (κ1) is 13.6. The lowest BCUT2D eigenvalue weighted by Crippen LogP contribution is -2.31. The summed E-state index contributed by atoms with van der Waals surface area (Å²) >= 11 is 0. The molecular formula is C17H29NO. The fourth-order valence-electron chi connectivity index (χ4n) is 4.07. The van der Waals surface area contributed by atoms with E-state index in [9.17, 15) is 0 Å². The van der Waals surface area contributed by atoms with Gasteiger partial charge in [-0.25, -0.2) is 0 Å². The van der Waals surface area contributed by atoms with Crippen LogP contribution in [0, 0.1) is 0 Å². The highest BCUT2D eigenvalue weighted by Gasteiger charge is 2.41. The van der Waals surface area contributed by atoms with Crippen molar-refractivity contribution in [3.05, 3.63) is 11.6 Å². The highest BCUT2D eigenvalue weighted by atomic mass is 16.5. The Bertz CT molecular complexity index is 317. The number of hydrogen-bond donors (Lipinski definition) is 1. The van der Waals surface area contributed by atoms with Gasteiger partial charge in [0.15, 0.2) is 0 Å². The van der Waals surface area contributed by atoms with E-state index in [1.54, 1.807) is 5.57 Å². The summed E-state index contributed by atoms with van der Waals surface area (Å²) in [4.78, 5) is 0. The van der Waals surface area contributed by atoms with Crippen molar-refractivity contribution in [3.63, 3.8) is 0 Å². The summed E-state index contributed by atoms with van der Waals surface area (Å²) in [6, 6.07) is 0. The van der Waals surface area contributed by atoms with Crippen LogP contribution in [-0.4, -0.2) is 24.8 Å². The lowest BCUT2D eigenvalue weighted by atomic mass is 9.97. The van der Waals surface area contributed by atoms with Crippen LogP contribution in [0.15, 0.2) is 11.6 Å². The zero-order valence-electron chi connectivity index (χ0n) is 12.3. The molecule has 1 atom stereocenters. The van der Waals surface area contributed by atoms with Crippen molar-refractivity contribution >= 4 is 0 Å². The average molecular weight is 263 g/mol. The van der Waals surface area contributed by atoms with Crippen LogP contribution in [0.1, 0.15) is 70.6 Å². The second-order valence-electron chi connectivity index (χ2n) is 6.73. The average Bonchev–Trinajstić information content (AvgIpc) is 3.07. The first-order chi connectivity index (χ1) is 9.36. The zero-order chi connectivity index (χ0) is 13.0. The van der Waals surface area contributed by atoms with Gasteiger partial charge in [0.1, 0.15) is 0 Å². The monoisotopic (exact) mass is 263 g/mol. The highest BCUT2D eigenvalue weighted by molar-refractivity contribution is 5.05. The van der Waals surface area contributed by atoms with Gasteiger partial charge in [-0.2, -0.15) is 0 Å². The van der Waals surface area contributed by atoms with E-state index in [0.717, 1.165) is 13.1 Å². The van der Waals surface area contributed by atoms with E-state index >= 15 is 0 Å². The smallest absolute Gasteiger partial charge is 0.0708 e. The Balaban J connectivity index is 1.31. The number of rotatable bonds is 5. The molecule has 1 N–H and O–H groups in total. The van der Waals surface area contributed by atoms with Gasteiger partial charge in [-0.3, -0.25) is 0 Å². The van der Waals surface area contributed by atoms with E-state index in [-0.39, 0.29) is 0 Å². The van der Waals surface area contributed by atoms with Crippen molar-refractivity contribution in [3.8, 4) is 0 Å². The van der Waals surface area contributed by atoms with Crippen molar-refractivity contribution in [1.82, 2.24) is 5.32 Å². The number of allylic oxidation sites excluding steroid dienone is 1. The van der Waals surface area contributed by atoms with Gasteiger partial charge in [-0.05, 0) is 64.3 Å². The number of hydrogen-bond acceptors (Lipinski definition) is 2. The molecule has 108 valence electrons. The first-order valence-electron chi connectivity index (χ1n) is 8.43. The Morgan fingerprint density at radius 2 is 2.05 bits per heavy atom. The summed E-state index contributed by atoms with van der Waals surface area (Å²) in [6.45, 7) is 2.20. The zero-order valence-corrected chi connectivity index (χ0v) is 12.3. The van der Waals surface area contributed by atoms with Crippen molar-refractivity contribution in [2.24, 2.45) is 0 Å². The molecule has 0 amide bonds. The molecule has 2 aliphatic carbocycles. The minimum Gasteiger partial charge on any atom is -0.370 e. The van der Waals surface area contributed by atoms with Gasteiger partial charge >= 0.3 is 0 Å². The Labute approximate surface area is 118 Å². The van der Waals surface area contributed by atoms with Gasteiger partial charge in [0.2, 0.25) is 0 Å². The fourth-order valence-corrected chi connectivity index (χ4v) is 4.07. The Morgan fingerprint density at radius 1 is 1.16 bits per heavy atom. The maximum atomic E-state index is 6.32. The maximum Gasteiger partial charge on any atom is 0.0708 e. The molecule has 1 aliphatic heterocycles. The van der Waals surface area contributed by atoms with Crippen LogP contribution < -0.4 is 5.32 Å².